The predicted octanol–water partition coefficient (Wildman–Crippen LogP) is 2.84. The number of likely N-dealkylation sites (N-methyl/N-ethyl adjacent to an activating group) is 1. The van der Waals surface area contributed by atoms with E-state index in [1.165, 1.54) is 13.1 Å². The maximum Gasteiger partial charge on any atom is 0.338 e. The summed E-state index contributed by atoms with van der Waals surface area (Å²) >= 11 is 0. The Balaban J connectivity index is 1.71. The van der Waals surface area contributed by atoms with Gasteiger partial charge in [0.15, 0.2) is 0 Å². The average Bonchev–Trinajstić information content (AvgIpc) is 3.31. The highest BCUT2D eigenvalue weighted by Gasteiger charge is 2.33. The molecule has 0 unspecified atom stereocenters. The van der Waals surface area contributed by atoms with Gasteiger partial charge in [-0.05, 0) is 42.8 Å². The molecular weight excluding hydrogens is 360 g/mol. The zero-order valence-electron chi connectivity index (χ0n) is 15.1. The number of furan rings is 1. The fourth-order valence-electron chi connectivity index (χ4n) is 3.21. The number of carbonyl (C=O) groups is 3. The van der Waals surface area contributed by atoms with Gasteiger partial charge in [0.1, 0.15) is 29.8 Å². The number of nitrogens with zero attached hydrogens (tertiary/aromatic N) is 2. The molecule has 138 valence electrons. The number of nitriles is 1. The number of imide groups is 1. The molecule has 0 saturated heterocycles. The highest BCUT2D eigenvalue weighted by atomic mass is 16.5. The normalized spacial score (nSPS) is 17.8. The van der Waals surface area contributed by atoms with Gasteiger partial charge in [-0.15, -0.1) is 0 Å². The zero-order valence-corrected chi connectivity index (χ0v) is 15.1. The van der Waals surface area contributed by atoms with Crippen molar-refractivity contribution in [3.05, 3.63) is 63.9 Å². The van der Waals surface area contributed by atoms with E-state index in [2.05, 4.69) is 0 Å². The van der Waals surface area contributed by atoms with Gasteiger partial charge in [-0.2, -0.15) is 5.26 Å². The second-order valence-electron chi connectivity index (χ2n) is 6.49. The third-order valence-electron chi connectivity index (χ3n) is 4.83. The van der Waals surface area contributed by atoms with E-state index in [1.54, 1.807) is 31.2 Å². The quantitative estimate of drug-likeness (QED) is 0.455. The van der Waals surface area contributed by atoms with Crippen molar-refractivity contribution in [3.63, 3.8) is 0 Å². The molecule has 2 aliphatic heterocycles. The van der Waals surface area contributed by atoms with Crippen LogP contribution >= 0.6 is 0 Å². The van der Waals surface area contributed by atoms with Gasteiger partial charge in [-0.1, -0.05) is 6.07 Å². The van der Waals surface area contributed by atoms with Crippen LogP contribution in [0.3, 0.4) is 0 Å². The van der Waals surface area contributed by atoms with Crippen LogP contribution < -0.4 is 0 Å². The first kappa shape index (κ1) is 17.5. The molecule has 0 bridgehead atoms. The fourth-order valence-corrected chi connectivity index (χ4v) is 3.21. The lowest BCUT2D eigenvalue weighted by Gasteiger charge is -2.23. The number of cyclic esters (lactones) is 1. The summed E-state index contributed by atoms with van der Waals surface area (Å²) in [7, 11) is 1.34. The third-order valence-corrected chi connectivity index (χ3v) is 4.83. The van der Waals surface area contributed by atoms with Crippen molar-refractivity contribution in [2.75, 3.05) is 7.05 Å². The lowest BCUT2D eigenvalue weighted by molar-refractivity contribution is -0.138. The largest absolute Gasteiger partial charge is 0.457 e. The van der Waals surface area contributed by atoms with Crippen LogP contribution in [0.5, 0.6) is 0 Å². The monoisotopic (exact) mass is 374 g/mol. The molecule has 2 aromatic rings. The summed E-state index contributed by atoms with van der Waals surface area (Å²) in [6.45, 7) is 1.80. The van der Waals surface area contributed by atoms with Gasteiger partial charge < -0.3 is 9.15 Å². The smallest absolute Gasteiger partial charge is 0.338 e. The topological polar surface area (TPSA) is 101 Å². The molecule has 7 heteroatoms. The van der Waals surface area contributed by atoms with E-state index in [1.807, 2.05) is 12.1 Å². The molecule has 1 aromatic heterocycles. The standard InChI is InChI=1S/C21H14N2O5/c1-11-16(19(24)23(2)20(25)17(11)9-22)8-14-4-6-18(28-14)12-3-5-15-13(7-12)10-27-21(15)26/h3-8H,10H2,1-2H3/b16-8+. The number of ether oxygens (including phenoxy) is 1. The molecule has 2 aliphatic rings. The number of fused-ring (bicyclic) bond motifs is 1. The maximum absolute atomic E-state index is 12.5. The fraction of sp³-hybridized carbons (Fsp3) is 0.143. The van der Waals surface area contributed by atoms with Crippen molar-refractivity contribution in [1.29, 1.82) is 5.26 Å². The molecule has 0 spiro atoms. The summed E-state index contributed by atoms with van der Waals surface area (Å²) in [4.78, 5) is 36.9. The molecule has 0 radical (unpaired) electrons. The summed E-state index contributed by atoms with van der Waals surface area (Å²) in [6, 6.07) is 10.6. The highest BCUT2D eigenvalue weighted by Crippen LogP contribution is 2.30. The minimum absolute atomic E-state index is 0.0663. The molecule has 3 heterocycles. The van der Waals surface area contributed by atoms with Crippen LogP contribution in [0.4, 0.5) is 0 Å². The molecule has 0 fully saturated rings. The van der Waals surface area contributed by atoms with Gasteiger partial charge in [0.2, 0.25) is 0 Å². The molecule has 4 rings (SSSR count). The Morgan fingerprint density at radius 3 is 2.68 bits per heavy atom. The van der Waals surface area contributed by atoms with E-state index in [0.717, 1.165) is 16.0 Å². The summed E-state index contributed by atoms with van der Waals surface area (Å²) in [5, 5.41) is 9.22. The maximum atomic E-state index is 12.5. The highest BCUT2D eigenvalue weighted by molar-refractivity contribution is 6.19. The van der Waals surface area contributed by atoms with Gasteiger partial charge in [0.25, 0.3) is 11.8 Å². The number of hydrogen-bond acceptors (Lipinski definition) is 6. The van der Waals surface area contributed by atoms with Gasteiger partial charge in [0.05, 0.1) is 5.56 Å². The number of rotatable bonds is 2. The zero-order chi connectivity index (χ0) is 20.0. The Morgan fingerprint density at radius 1 is 1.14 bits per heavy atom. The Labute approximate surface area is 160 Å². The van der Waals surface area contributed by atoms with E-state index >= 15 is 0 Å². The summed E-state index contributed by atoms with van der Waals surface area (Å²) in [5.41, 5.74) is 2.59. The second-order valence-corrected chi connectivity index (χ2v) is 6.49. The predicted molar refractivity (Wildman–Crippen MR) is 97.3 cm³/mol. The van der Waals surface area contributed by atoms with Crippen LogP contribution in [0.25, 0.3) is 17.4 Å². The number of amides is 2. The average molecular weight is 374 g/mol. The summed E-state index contributed by atoms with van der Waals surface area (Å²) in [5.74, 6) is -0.476. The van der Waals surface area contributed by atoms with E-state index < -0.39 is 11.8 Å². The van der Waals surface area contributed by atoms with Crippen molar-refractivity contribution < 1.29 is 23.5 Å². The first-order valence-electron chi connectivity index (χ1n) is 8.46. The van der Waals surface area contributed by atoms with Crippen molar-refractivity contribution in [3.8, 4) is 17.4 Å². The second kappa shape index (κ2) is 6.35. The van der Waals surface area contributed by atoms with E-state index in [9.17, 15) is 19.6 Å². The molecule has 28 heavy (non-hydrogen) atoms. The number of benzene rings is 1. The van der Waals surface area contributed by atoms with Crippen LogP contribution in [-0.2, 0) is 20.9 Å². The summed E-state index contributed by atoms with van der Waals surface area (Å²) in [6.07, 6.45) is 1.52. The lowest BCUT2D eigenvalue weighted by atomic mass is 9.95. The van der Waals surface area contributed by atoms with Crippen molar-refractivity contribution >= 4 is 23.9 Å². The van der Waals surface area contributed by atoms with Gasteiger partial charge in [0, 0.05) is 23.7 Å². The van der Waals surface area contributed by atoms with E-state index in [-0.39, 0.29) is 23.7 Å². The van der Waals surface area contributed by atoms with Crippen LogP contribution in [0.1, 0.15) is 28.6 Å². The molecule has 0 atom stereocenters. The molecule has 0 aliphatic carbocycles. The summed E-state index contributed by atoms with van der Waals surface area (Å²) < 4.78 is 10.8. The number of carbonyl (C=O) groups excluding carboxylic acids is 3. The Morgan fingerprint density at radius 2 is 1.93 bits per heavy atom. The van der Waals surface area contributed by atoms with Crippen LogP contribution in [0.15, 0.2) is 51.5 Å². The van der Waals surface area contributed by atoms with Crippen LogP contribution in [0, 0.1) is 11.3 Å². The number of hydrogen-bond donors (Lipinski definition) is 0. The lowest BCUT2D eigenvalue weighted by Crippen LogP contribution is -2.39. The van der Waals surface area contributed by atoms with Gasteiger partial charge in [-0.25, -0.2) is 4.79 Å². The van der Waals surface area contributed by atoms with Crippen molar-refractivity contribution in [1.82, 2.24) is 4.90 Å². The molecule has 0 saturated carbocycles. The first-order valence-corrected chi connectivity index (χ1v) is 8.46. The molecule has 0 N–H and O–H groups in total. The van der Waals surface area contributed by atoms with E-state index in [4.69, 9.17) is 9.15 Å². The van der Waals surface area contributed by atoms with Gasteiger partial charge >= 0.3 is 5.97 Å². The molecule has 2 amide bonds. The molecule has 7 nitrogen and oxygen atoms in total. The van der Waals surface area contributed by atoms with Gasteiger partial charge in [-0.3, -0.25) is 14.5 Å². The minimum Gasteiger partial charge on any atom is -0.457 e. The Kier molecular flexibility index (Phi) is 3.97. The van der Waals surface area contributed by atoms with Crippen molar-refractivity contribution in [2.24, 2.45) is 0 Å². The molecule has 1 aromatic carbocycles. The third kappa shape index (κ3) is 2.63. The molecular formula is C21H14N2O5. The first-order chi connectivity index (χ1) is 13.4. The Bertz CT molecular complexity index is 1160. The van der Waals surface area contributed by atoms with Crippen LogP contribution in [0.2, 0.25) is 0 Å². The SMILES string of the molecule is CC1=C(C#N)C(=O)N(C)C(=O)/C1=C/c1ccc(-c2ccc3c(c2)COC3=O)o1. The van der Waals surface area contributed by atoms with Crippen LogP contribution in [-0.4, -0.2) is 29.7 Å². The van der Waals surface area contributed by atoms with E-state index in [0.29, 0.717) is 22.7 Å². The minimum atomic E-state index is -0.614. The number of esters is 1. The van der Waals surface area contributed by atoms with Crippen molar-refractivity contribution in [2.45, 2.75) is 13.5 Å². The Hall–Kier alpha value is -3.92.